The largest absolute Gasteiger partial charge is 0.493 e. The van der Waals surface area contributed by atoms with E-state index < -0.39 is 6.04 Å². The van der Waals surface area contributed by atoms with E-state index in [9.17, 15) is 9.59 Å². The summed E-state index contributed by atoms with van der Waals surface area (Å²) < 4.78 is 10.5. The van der Waals surface area contributed by atoms with Crippen molar-refractivity contribution in [2.45, 2.75) is 25.9 Å². The fourth-order valence-electron chi connectivity index (χ4n) is 2.64. The van der Waals surface area contributed by atoms with Crippen molar-refractivity contribution in [1.29, 1.82) is 0 Å². The molecule has 0 fully saturated rings. The molecule has 2 aromatic rings. The molecule has 144 valence electrons. The molecule has 0 heterocycles. The van der Waals surface area contributed by atoms with Crippen molar-refractivity contribution in [3.63, 3.8) is 0 Å². The number of carbonyl (C=O) groups is 2. The normalized spacial score (nSPS) is 11.4. The molecule has 27 heavy (non-hydrogen) atoms. The maximum atomic E-state index is 12.4. The first kappa shape index (κ1) is 20.6. The van der Waals surface area contributed by atoms with Gasteiger partial charge in [0.05, 0.1) is 26.7 Å². The van der Waals surface area contributed by atoms with Crippen molar-refractivity contribution in [2.75, 3.05) is 14.2 Å². The van der Waals surface area contributed by atoms with E-state index >= 15 is 0 Å². The van der Waals surface area contributed by atoms with Crippen LogP contribution in [0, 0.1) is 0 Å². The van der Waals surface area contributed by atoms with Crippen molar-refractivity contribution < 1.29 is 19.1 Å². The van der Waals surface area contributed by atoms with E-state index in [0.29, 0.717) is 23.1 Å². The molecule has 2 N–H and O–H groups in total. The zero-order valence-corrected chi connectivity index (χ0v) is 16.3. The van der Waals surface area contributed by atoms with Crippen LogP contribution < -0.4 is 20.1 Å². The minimum absolute atomic E-state index is 0.120. The molecule has 0 bridgehead atoms. The molecule has 0 radical (unpaired) electrons. The number of methoxy groups -OCH3 is 2. The Balaban J connectivity index is 2.01. The summed E-state index contributed by atoms with van der Waals surface area (Å²) >= 11 is 5.91. The Bertz CT molecular complexity index is 793. The number of amides is 2. The molecule has 1 atom stereocenters. The molecule has 2 amide bonds. The summed E-state index contributed by atoms with van der Waals surface area (Å²) in [4.78, 5) is 23.9. The first-order chi connectivity index (χ1) is 12.9. The zero-order chi connectivity index (χ0) is 19.8. The molecule has 0 aliphatic rings. The van der Waals surface area contributed by atoms with Gasteiger partial charge in [-0.3, -0.25) is 9.59 Å². The number of hydrogen-bond donors (Lipinski definition) is 2. The molecule has 0 aromatic heterocycles. The summed E-state index contributed by atoms with van der Waals surface area (Å²) in [5.74, 6) is 0.837. The van der Waals surface area contributed by atoms with Gasteiger partial charge in [-0.25, -0.2) is 0 Å². The second-order valence-corrected chi connectivity index (χ2v) is 6.41. The van der Waals surface area contributed by atoms with E-state index in [1.165, 1.54) is 6.92 Å². The Labute approximate surface area is 163 Å². The molecule has 6 nitrogen and oxygen atoms in total. The Morgan fingerprint density at radius 1 is 1.04 bits per heavy atom. The second kappa shape index (κ2) is 9.83. The topological polar surface area (TPSA) is 76.7 Å². The maximum Gasteiger partial charge on any atom is 0.222 e. The Morgan fingerprint density at radius 2 is 1.70 bits per heavy atom. The highest BCUT2D eigenvalue weighted by Crippen LogP contribution is 2.27. The molecular weight excluding hydrogens is 368 g/mol. The van der Waals surface area contributed by atoms with Gasteiger partial charge in [-0.2, -0.15) is 0 Å². The van der Waals surface area contributed by atoms with Crippen LogP contribution in [0.5, 0.6) is 11.5 Å². The Hall–Kier alpha value is -2.73. The fraction of sp³-hybridized carbons (Fsp3) is 0.300. The minimum Gasteiger partial charge on any atom is -0.493 e. The summed E-state index contributed by atoms with van der Waals surface area (Å²) in [5.41, 5.74) is 1.69. The summed E-state index contributed by atoms with van der Waals surface area (Å²) in [6, 6.07) is 12.1. The third-order valence-electron chi connectivity index (χ3n) is 3.98. The van der Waals surface area contributed by atoms with E-state index in [1.54, 1.807) is 44.6 Å². The van der Waals surface area contributed by atoms with Gasteiger partial charge >= 0.3 is 0 Å². The number of hydrogen-bond acceptors (Lipinski definition) is 4. The van der Waals surface area contributed by atoms with Gasteiger partial charge in [-0.1, -0.05) is 29.8 Å². The van der Waals surface area contributed by atoms with Gasteiger partial charge in [-0.15, -0.1) is 0 Å². The van der Waals surface area contributed by atoms with Crippen LogP contribution in [0.15, 0.2) is 42.5 Å². The standard InChI is InChI=1S/C20H23ClN2O4/c1-13(24)23-17(15-5-7-16(21)8-6-15)11-20(25)22-12-14-4-9-18(26-2)19(10-14)27-3/h4-10,17H,11-12H2,1-3H3,(H,22,25)(H,23,24). The van der Waals surface area contributed by atoms with Crippen LogP contribution in [-0.2, 0) is 16.1 Å². The molecule has 2 rings (SSSR count). The van der Waals surface area contributed by atoms with Gasteiger partial charge in [-0.05, 0) is 35.4 Å². The smallest absolute Gasteiger partial charge is 0.222 e. The third-order valence-corrected chi connectivity index (χ3v) is 4.23. The molecule has 2 aromatic carbocycles. The van der Waals surface area contributed by atoms with Gasteiger partial charge < -0.3 is 20.1 Å². The van der Waals surface area contributed by atoms with Gasteiger partial charge in [0.15, 0.2) is 11.5 Å². The van der Waals surface area contributed by atoms with Gasteiger partial charge in [0, 0.05) is 18.5 Å². The SMILES string of the molecule is COc1ccc(CNC(=O)CC(NC(C)=O)c2ccc(Cl)cc2)cc1OC. The number of halogens is 1. The van der Waals surface area contributed by atoms with E-state index in [4.69, 9.17) is 21.1 Å². The van der Waals surface area contributed by atoms with Crippen molar-refractivity contribution in [2.24, 2.45) is 0 Å². The molecule has 0 aliphatic carbocycles. The lowest BCUT2D eigenvalue weighted by Crippen LogP contribution is -2.32. The predicted molar refractivity (Wildman–Crippen MR) is 104 cm³/mol. The zero-order valence-electron chi connectivity index (χ0n) is 15.5. The van der Waals surface area contributed by atoms with E-state index in [2.05, 4.69) is 10.6 Å². The fourth-order valence-corrected chi connectivity index (χ4v) is 2.77. The van der Waals surface area contributed by atoms with Gasteiger partial charge in [0.2, 0.25) is 11.8 Å². The second-order valence-electron chi connectivity index (χ2n) is 5.97. The first-order valence-corrected chi connectivity index (χ1v) is 8.81. The third kappa shape index (κ3) is 6.18. The average Bonchev–Trinajstić information content (AvgIpc) is 2.65. The molecule has 0 aliphatic heterocycles. The highest BCUT2D eigenvalue weighted by molar-refractivity contribution is 6.30. The quantitative estimate of drug-likeness (QED) is 0.725. The first-order valence-electron chi connectivity index (χ1n) is 8.43. The van der Waals surface area contributed by atoms with Crippen molar-refractivity contribution in [1.82, 2.24) is 10.6 Å². The average molecular weight is 391 g/mol. The van der Waals surface area contributed by atoms with Crippen LogP contribution in [0.25, 0.3) is 0 Å². The predicted octanol–water partition coefficient (Wildman–Crippen LogP) is 3.24. The van der Waals surface area contributed by atoms with Crippen LogP contribution in [0.2, 0.25) is 5.02 Å². The van der Waals surface area contributed by atoms with Crippen LogP contribution in [0.4, 0.5) is 0 Å². The number of nitrogens with one attached hydrogen (secondary N) is 2. The lowest BCUT2D eigenvalue weighted by molar-refractivity contribution is -0.122. The Morgan fingerprint density at radius 3 is 2.30 bits per heavy atom. The lowest BCUT2D eigenvalue weighted by Gasteiger charge is -2.18. The van der Waals surface area contributed by atoms with Crippen molar-refractivity contribution in [3.05, 3.63) is 58.6 Å². The van der Waals surface area contributed by atoms with Crippen molar-refractivity contribution in [3.8, 4) is 11.5 Å². The number of rotatable bonds is 8. The number of carbonyl (C=O) groups excluding carboxylic acids is 2. The monoisotopic (exact) mass is 390 g/mol. The summed E-state index contributed by atoms with van der Waals surface area (Å²) in [6.07, 6.45) is 0.120. The molecule has 0 saturated heterocycles. The molecule has 0 saturated carbocycles. The summed E-state index contributed by atoms with van der Waals surface area (Å²) in [7, 11) is 3.13. The van der Waals surface area contributed by atoms with Crippen molar-refractivity contribution >= 4 is 23.4 Å². The van der Waals surface area contributed by atoms with Crippen LogP contribution in [0.1, 0.15) is 30.5 Å². The molecule has 7 heteroatoms. The van der Waals surface area contributed by atoms with Gasteiger partial charge in [0.25, 0.3) is 0 Å². The number of ether oxygens (including phenoxy) is 2. The lowest BCUT2D eigenvalue weighted by atomic mass is 10.0. The molecule has 1 unspecified atom stereocenters. The number of benzene rings is 2. The highest BCUT2D eigenvalue weighted by Gasteiger charge is 2.17. The van der Waals surface area contributed by atoms with Crippen LogP contribution >= 0.6 is 11.6 Å². The molecule has 0 spiro atoms. The van der Waals surface area contributed by atoms with E-state index in [0.717, 1.165) is 11.1 Å². The summed E-state index contributed by atoms with van der Waals surface area (Å²) in [6.45, 7) is 1.76. The summed E-state index contributed by atoms with van der Waals surface area (Å²) in [5, 5.41) is 6.25. The van der Waals surface area contributed by atoms with Crippen LogP contribution in [-0.4, -0.2) is 26.0 Å². The minimum atomic E-state index is -0.426. The maximum absolute atomic E-state index is 12.4. The molecular formula is C20H23ClN2O4. The van der Waals surface area contributed by atoms with Gasteiger partial charge in [0.1, 0.15) is 0 Å². The van der Waals surface area contributed by atoms with E-state index in [1.807, 2.05) is 12.1 Å². The Kier molecular flexibility index (Phi) is 7.49. The van der Waals surface area contributed by atoms with E-state index in [-0.39, 0.29) is 18.2 Å². The van der Waals surface area contributed by atoms with Crippen LogP contribution in [0.3, 0.4) is 0 Å². The highest BCUT2D eigenvalue weighted by atomic mass is 35.5.